The predicted molar refractivity (Wildman–Crippen MR) is 82.7 cm³/mol. The minimum absolute atomic E-state index is 0.562. The van der Waals surface area contributed by atoms with Crippen LogP contribution in [0.4, 0.5) is 11.6 Å². The summed E-state index contributed by atoms with van der Waals surface area (Å²) >= 11 is 0. The molecular weight excluding hydrogens is 262 g/mol. The van der Waals surface area contributed by atoms with E-state index in [0.29, 0.717) is 5.92 Å². The largest absolute Gasteiger partial charge is 0.354 e. The maximum absolute atomic E-state index is 4.58. The number of hydrogen-bond donors (Lipinski definition) is 0. The molecule has 4 heterocycles. The molecule has 0 aliphatic carbocycles. The standard InChI is InChI=1S/C16H19N5/c1-2-9-20(8-1)15-16(19-7-6-18-15)21-11-14(12-21)13-4-3-5-17-10-13/h3-7,10,14H,1-2,8-9,11-12H2. The van der Waals surface area contributed by atoms with E-state index in [1.807, 2.05) is 18.5 Å². The Morgan fingerprint density at radius 2 is 1.62 bits per heavy atom. The van der Waals surface area contributed by atoms with E-state index in [1.54, 1.807) is 12.4 Å². The number of anilines is 2. The van der Waals surface area contributed by atoms with Crippen molar-refractivity contribution in [3.63, 3.8) is 0 Å². The van der Waals surface area contributed by atoms with Gasteiger partial charge in [-0.05, 0) is 24.5 Å². The van der Waals surface area contributed by atoms with Crippen LogP contribution in [0.5, 0.6) is 0 Å². The minimum Gasteiger partial charge on any atom is -0.354 e. The van der Waals surface area contributed by atoms with E-state index in [2.05, 4.69) is 30.8 Å². The van der Waals surface area contributed by atoms with E-state index in [9.17, 15) is 0 Å². The molecule has 2 aliphatic rings. The van der Waals surface area contributed by atoms with Crippen molar-refractivity contribution in [2.24, 2.45) is 0 Å². The highest BCUT2D eigenvalue weighted by Crippen LogP contribution is 2.35. The molecule has 2 aromatic heterocycles. The molecule has 0 bridgehead atoms. The molecule has 2 aliphatic heterocycles. The van der Waals surface area contributed by atoms with Crippen LogP contribution < -0.4 is 9.80 Å². The third-order valence-electron chi connectivity index (χ3n) is 4.40. The van der Waals surface area contributed by atoms with Gasteiger partial charge in [0.25, 0.3) is 0 Å². The Morgan fingerprint density at radius 3 is 2.29 bits per heavy atom. The molecule has 0 saturated carbocycles. The lowest BCUT2D eigenvalue weighted by Gasteiger charge is -2.41. The van der Waals surface area contributed by atoms with E-state index in [-0.39, 0.29) is 0 Å². The van der Waals surface area contributed by atoms with Crippen LogP contribution in [0, 0.1) is 0 Å². The molecule has 5 heteroatoms. The third kappa shape index (κ3) is 2.33. The fraction of sp³-hybridized carbons (Fsp3) is 0.438. The maximum Gasteiger partial charge on any atom is 0.172 e. The van der Waals surface area contributed by atoms with Gasteiger partial charge < -0.3 is 9.80 Å². The first-order valence-corrected chi connectivity index (χ1v) is 7.62. The fourth-order valence-corrected chi connectivity index (χ4v) is 3.18. The summed E-state index contributed by atoms with van der Waals surface area (Å²) in [6.07, 6.45) is 9.92. The van der Waals surface area contributed by atoms with Gasteiger partial charge in [0.05, 0.1) is 0 Å². The first kappa shape index (κ1) is 12.6. The molecule has 2 aromatic rings. The van der Waals surface area contributed by atoms with Gasteiger partial charge in [-0.25, -0.2) is 9.97 Å². The molecule has 0 spiro atoms. The van der Waals surface area contributed by atoms with Gasteiger partial charge in [-0.15, -0.1) is 0 Å². The van der Waals surface area contributed by atoms with E-state index in [1.165, 1.54) is 18.4 Å². The number of nitrogens with zero attached hydrogens (tertiary/aromatic N) is 5. The molecule has 21 heavy (non-hydrogen) atoms. The highest BCUT2D eigenvalue weighted by Gasteiger charge is 2.32. The van der Waals surface area contributed by atoms with Gasteiger partial charge in [0, 0.05) is 56.9 Å². The van der Waals surface area contributed by atoms with Gasteiger partial charge >= 0.3 is 0 Å². The van der Waals surface area contributed by atoms with Crippen molar-refractivity contribution < 1.29 is 0 Å². The van der Waals surface area contributed by atoms with E-state index < -0.39 is 0 Å². The zero-order valence-corrected chi connectivity index (χ0v) is 12.0. The Hall–Kier alpha value is -2.17. The second-order valence-corrected chi connectivity index (χ2v) is 5.79. The van der Waals surface area contributed by atoms with Crippen LogP contribution in [-0.2, 0) is 0 Å². The zero-order chi connectivity index (χ0) is 14.1. The summed E-state index contributed by atoms with van der Waals surface area (Å²) in [4.78, 5) is 18.1. The Bertz CT molecular complexity index is 603. The molecule has 0 unspecified atom stereocenters. The lowest BCUT2D eigenvalue weighted by Crippen LogP contribution is -2.46. The average Bonchev–Trinajstić information content (AvgIpc) is 3.02. The van der Waals surface area contributed by atoms with E-state index in [0.717, 1.165) is 37.8 Å². The normalized spacial score (nSPS) is 18.9. The van der Waals surface area contributed by atoms with Crippen LogP contribution >= 0.6 is 0 Å². The number of hydrogen-bond acceptors (Lipinski definition) is 5. The molecule has 2 saturated heterocycles. The molecule has 108 valence electrons. The number of rotatable bonds is 3. The monoisotopic (exact) mass is 281 g/mol. The average molecular weight is 281 g/mol. The third-order valence-corrected chi connectivity index (χ3v) is 4.40. The van der Waals surface area contributed by atoms with Gasteiger partial charge in [-0.2, -0.15) is 0 Å². The molecule has 0 N–H and O–H groups in total. The van der Waals surface area contributed by atoms with Crippen LogP contribution in [0.15, 0.2) is 36.9 Å². The smallest absolute Gasteiger partial charge is 0.172 e. The Labute approximate surface area is 124 Å². The van der Waals surface area contributed by atoms with Crippen molar-refractivity contribution >= 4 is 11.6 Å². The molecule has 2 fully saturated rings. The Morgan fingerprint density at radius 1 is 0.905 bits per heavy atom. The number of pyridine rings is 1. The van der Waals surface area contributed by atoms with Crippen LogP contribution in [0.3, 0.4) is 0 Å². The first-order valence-electron chi connectivity index (χ1n) is 7.62. The van der Waals surface area contributed by atoms with Gasteiger partial charge in [-0.3, -0.25) is 4.98 Å². The topological polar surface area (TPSA) is 45.2 Å². The van der Waals surface area contributed by atoms with Gasteiger partial charge in [0.15, 0.2) is 11.6 Å². The van der Waals surface area contributed by atoms with Crippen molar-refractivity contribution in [3.8, 4) is 0 Å². The Kier molecular flexibility index (Phi) is 3.18. The fourth-order valence-electron chi connectivity index (χ4n) is 3.18. The SMILES string of the molecule is c1cncc(C2CN(c3nccnc3N3CCCC3)C2)c1. The van der Waals surface area contributed by atoms with Crippen LogP contribution in [0.1, 0.15) is 24.3 Å². The molecule has 0 radical (unpaired) electrons. The summed E-state index contributed by atoms with van der Waals surface area (Å²) in [6, 6.07) is 4.17. The molecule has 5 nitrogen and oxygen atoms in total. The van der Waals surface area contributed by atoms with E-state index >= 15 is 0 Å². The van der Waals surface area contributed by atoms with Crippen LogP contribution in [-0.4, -0.2) is 41.1 Å². The van der Waals surface area contributed by atoms with Crippen molar-refractivity contribution in [1.82, 2.24) is 15.0 Å². The van der Waals surface area contributed by atoms with E-state index in [4.69, 9.17) is 0 Å². The predicted octanol–water partition coefficient (Wildman–Crippen LogP) is 2.08. The van der Waals surface area contributed by atoms with Crippen molar-refractivity contribution in [3.05, 3.63) is 42.5 Å². The zero-order valence-electron chi connectivity index (χ0n) is 12.0. The molecule has 0 atom stereocenters. The molecular formula is C16H19N5. The highest BCUT2D eigenvalue weighted by molar-refractivity contribution is 5.64. The lowest BCUT2D eigenvalue weighted by atomic mass is 9.93. The van der Waals surface area contributed by atoms with Gasteiger partial charge in [0.1, 0.15) is 0 Å². The quantitative estimate of drug-likeness (QED) is 0.862. The first-order chi connectivity index (χ1) is 10.4. The summed E-state index contributed by atoms with van der Waals surface area (Å²) in [5, 5.41) is 0. The second kappa shape index (κ2) is 5.31. The van der Waals surface area contributed by atoms with Gasteiger partial charge in [-0.1, -0.05) is 6.07 Å². The molecule has 0 aromatic carbocycles. The van der Waals surface area contributed by atoms with Crippen LogP contribution in [0.25, 0.3) is 0 Å². The lowest BCUT2D eigenvalue weighted by molar-refractivity contribution is 0.517. The summed E-state index contributed by atoms with van der Waals surface area (Å²) in [5.41, 5.74) is 1.32. The maximum atomic E-state index is 4.58. The summed E-state index contributed by atoms with van der Waals surface area (Å²) < 4.78 is 0. The summed E-state index contributed by atoms with van der Waals surface area (Å²) in [6.45, 7) is 4.22. The molecule has 0 amide bonds. The second-order valence-electron chi connectivity index (χ2n) is 5.79. The Balaban J connectivity index is 1.51. The summed E-state index contributed by atoms with van der Waals surface area (Å²) in [5.74, 6) is 2.66. The molecule has 4 rings (SSSR count). The van der Waals surface area contributed by atoms with Crippen molar-refractivity contribution in [2.45, 2.75) is 18.8 Å². The number of aromatic nitrogens is 3. The van der Waals surface area contributed by atoms with Gasteiger partial charge in [0.2, 0.25) is 0 Å². The summed E-state index contributed by atoms with van der Waals surface area (Å²) in [7, 11) is 0. The van der Waals surface area contributed by atoms with Crippen molar-refractivity contribution in [2.75, 3.05) is 36.0 Å². The highest BCUT2D eigenvalue weighted by atomic mass is 15.3. The van der Waals surface area contributed by atoms with Crippen LogP contribution in [0.2, 0.25) is 0 Å². The van der Waals surface area contributed by atoms with Crippen molar-refractivity contribution in [1.29, 1.82) is 0 Å². The minimum atomic E-state index is 0.562.